The van der Waals surface area contributed by atoms with Crippen LogP contribution >= 0.6 is 0 Å². The van der Waals surface area contributed by atoms with E-state index in [4.69, 9.17) is 4.74 Å². The standard InChI is InChI=1S/C13H21N3O/c1-11-5-4-6-12(9-11)10-16-13(14-2)15-7-8-17-3/h4-6,9H,7-8,10H2,1-3H3,(H2,14,15,16). The Bertz CT molecular complexity index is 363. The molecule has 0 aliphatic heterocycles. The second-order valence-electron chi connectivity index (χ2n) is 3.83. The number of benzene rings is 1. The molecule has 0 amide bonds. The quantitative estimate of drug-likeness (QED) is 0.459. The molecule has 0 aromatic heterocycles. The Morgan fingerprint density at radius 1 is 1.35 bits per heavy atom. The van der Waals surface area contributed by atoms with Gasteiger partial charge in [0, 0.05) is 27.2 Å². The zero-order valence-corrected chi connectivity index (χ0v) is 10.8. The highest BCUT2D eigenvalue weighted by Crippen LogP contribution is 2.02. The van der Waals surface area contributed by atoms with Gasteiger partial charge in [0.2, 0.25) is 0 Å². The van der Waals surface area contributed by atoms with Crippen LogP contribution in [0.1, 0.15) is 11.1 Å². The SMILES string of the molecule is CN=C(NCCOC)NCc1cccc(C)c1. The molecule has 94 valence electrons. The third-order valence-electron chi connectivity index (χ3n) is 2.36. The molecule has 0 atom stereocenters. The van der Waals surface area contributed by atoms with Crippen molar-refractivity contribution in [3.63, 3.8) is 0 Å². The number of nitrogens with zero attached hydrogens (tertiary/aromatic N) is 1. The molecule has 0 fully saturated rings. The molecule has 1 aromatic rings. The Labute approximate surface area is 103 Å². The van der Waals surface area contributed by atoms with E-state index < -0.39 is 0 Å². The lowest BCUT2D eigenvalue weighted by molar-refractivity contribution is 0.203. The number of hydrogen-bond acceptors (Lipinski definition) is 2. The van der Waals surface area contributed by atoms with Gasteiger partial charge in [-0.15, -0.1) is 0 Å². The van der Waals surface area contributed by atoms with Gasteiger partial charge in [-0.3, -0.25) is 4.99 Å². The fourth-order valence-corrected chi connectivity index (χ4v) is 1.50. The molecule has 0 radical (unpaired) electrons. The summed E-state index contributed by atoms with van der Waals surface area (Å²) in [6, 6.07) is 8.42. The molecule has 0 saturated heterocycles. The first-order valence-corrected chi connectivity index (χ1v) is 5.75. The van der Waals surface area contributed by atoms with Crippen LogP contribution in [-0.4, -0.2) is 33.3 Å². The Morgan fingerprint density at radius 2 is 2.18 bits per heavy atom. The molecule has 0 unspecified atom stereocenters. The molecule has 0 heterocycles. The third kappa shape index (κ3) is 5.36. The van der Waals surface area contributed by atoms with Gasteiger partial charge in [0.25, 0.3) is 0 Å². The third-order valence-corrected chi connectivity index (χ3v) is 2.36. The van der Waals surface area contributed by atoms with Crippen molar-refractivity contribution in [3.8, 4) is 0 Å². The molecule has 4 nitrogen and oxygen atoms in total. The van der Waals surface area contributed by atoms with Crippen molar-refractivity contribution < 1.29 is 4.74 Å². The minimum atomic E-state index is 0.672. The van der Waals surface area contributed by atoms with Gasteiger partial charge in [-0.1, -0.05) is 29.8 Å². The first-order valence-electron chi connectivity index (χ1n) is 5.75. The number of nitrogens with one attached hydrogen (secondary N) is 2. The maximum atomic E-state index is 4.97. The number of methoxy groups -OCH3 is 1. The van der Waals surface area contributed by atoms with Crippen LogP contribution in [0.3, 0.4) is 0 Å². The van der Waals surface area contributed by atoms with Gasteiger partial charge in [-0.25, -0.2) is 0 Å². The molecule has 0 bridgehead atoms. The molecular weight excluding hydrogens is 214 g/mol. The summed E-state index contributed by atoms with van der Waals surface area (Å²) in [6.07, 6.45) is 0. The van der Waals surface area contributed by atoms with Gasteiger partial charge in [0.1, 0.15) is 0 Å². The van der Waals surface area contributed by atoms with Crippen LogP contribution in [0, 0.1) is 6.92 Å². The summed E-state index contributed by atoms with van der Waals surface area (Å²) in [5.41, 5.74) is 2.52. The van der Waals surface area contributed by atoms with E-state index in [1.807, 2.05) is 0 Å². The second kappa shape index (κ2) is 7.68. The minimum Gasteiger partial charge on any atom is -0.383 e. The van der Waals surface area contributed by atoms with Crippen LogP contribution in [0.15, 0.2) is 29.3 Å². The maximum Gasteiger partial charge on any atom is 0.191 e. The predicted molar refractivity (Wildman–Crippen MR) is 71.3 cm³/mol. The molecule has 1 aromatic carbocycles. The van der Waals surface area contributed by atoms with Gasteiger partial charge in [0.15, 0.2) is 5.96 Å². The van der Waals surface area contributed by atoms with Crippen molar-refractivity contribution in [1.82, 2.24) is 10.6 Å². The summed E-state index contributed by atoms with van der Waals surface area (Å²) in [6.45, 7) is 4.29. The van der Waals surface area contributed by atoms with Crippen molar-refractivity contribution >= 4 is 5.96 Å². The Hall–Kier alpha value is -1.55. The number of rotatable bonds is 5. The Balaban J connectivity index is 2.37. The zero-order valence-electron chi connectivity index (χ0n) is 10.8. The number of ether oxygens (including phenoxy) is 1. The molecule has 17 heavy (non-hydrogen) atoms. The zero-order chi connectivity index (χ0) is 12.5. The molecule has 1 rings (SSSR count). The average molecular weight is 235 g/mol. The molecule has 0 aliphatic rings. The molecule has 0 saturated carbocycles. The number of hydrogen-bond donors (Lipinski definition) is 2. The molecule has 0 aliphatic carbocycles. The fraction of sp³-hybridized carbons (Fsp3) is 0.462. The number of aliphatic imine (C=N–C) groups is 1. The van der Waals surface area contributed by atoms with E-state index in [0.717, 1.165) is 19.0 Å². The van der Waals surface area contributed by atoms with Crippen LogP contribution in [-0.2, 0) is 11.3 Å². The molecule has 2 N–H and O–H groups in total. The monoisotopic (exact) mass is 235 g/mol. The minimum absolute atomic E-state index is 0.672. The fourth-order valence-electron chi connectivity index (χ4n) is 1.50. The van der Waals surface area contributed by atoms with Crippen LogP contribution in [0.2, 0.25) is 0 Å². The number of aryl methyl sites for hydroxylation is 1. The summed E-state index contributed by atoms with van der Waals surface area (Å²) >= 11 is 0. The van der Waals surface area contributed by atoms with E-state index in [1.54, 1.807) is 14.2 Å². The normalized spacial score (nSPS) is 11.4. The molecular formula is C13H21N3O. The van der Waals surface area contributed by atoms with E-state index >= 15 is 0 Å². The van der Waals surface area contributed by atoms with Gasteiger partial charge in [0.05, 0.1) is 6.61 Å². The van der Waals surface area contributed by atoms with Gasteiger partial charge < -0.3 is 15.4 Å². The lowest BCUT2D eigenvalue weighted by Crippen LogP contribution is -2.38. The van der Waals surface area contributed by atoms with Gasteiger partial charge in [-0.2, -0.15) is 0 Å². The summed E-state index contributed by atoms with van der Waals surface area (Å²) < 4.78 is 4.97. The molecule has 0 spiro atoms. The molecule has 4 heteroatoms. The lowest BCUT2D eigenvalue weighted by atomic mass is 10.1. The first-order chi connectivity index (χ1) is 8.26. The highest BCUT2D eigenvalue weighted by Gasteiger charge is 1.97. The second-order valence-corrected chi connectivity index (χ2v) is 3.83. The largest absolute Gasteiger partial charge is 0.383 e. The lowest BCUT2D eigenvalue weighted by Gasteiger charge is -2.11. The van der Waals surface area contributed by atoms with Crippen molar-refractivity contribution in [2.45, 2.75) is 13.5 Å². The van der Waals surface area contributed by atoms with Crippen molar-refractivity contribution in [2.75, 3.05) is 27.3 Å². The first kappa shape index (κ1) is 13.5. The van der Waals surface area contributed by atoms with Crippen LogP contribution in [0.4, 0.5) is 0 Å². The topological polar surface area (TPSA) is 45.7 Å². The smallest absolute Gasteiger partial charge is 0.191 e. The van der Waals surface area contributed by atoms with Crippen LogP contribution in [0.25, 0.3) is 0 Å². The van der Waals surface area contributed by atoms with Crippen molar-refractivity contribution in [3.05, 3.63) is 35.4 Å². The van der Waals surface area contributed by atoms with Crippen molar-refractivity contribution in [2.24, 2.45) is 4.99 Å². The van der Waals surface area contributed by atoms with E-state index in [-0.39, 0.29) is 0 Å². The van der Waals surface area contributed by atoms with Crippen LogP contribution in [0.5, 0.6) is 0 Å². The van der Waals surface area contributed by atoms with E-state index in [9.17, 15) is 0 Å². The van der Waals surface area contributed by atoms with Gasteiger partial charge >= 0.3 is 0 Å². The van der Waals surface area contributed by atoms with E-state index in [2.05, 4.69) is 46.8 Å². The van der Waals surface area contributed by atoms with Crippen molar-refractivity contribution in [1.29, 1.82) is 0 Å². The summed E-state index contributed by atoms with van der Waals surface area (Å²) in [5, 5.41) is 6.42. The number of guanidine groups is 1. The van der Waals surface area contributed by atoms with Gasteiger partial charge in [-0.05, 0) is 12.5 Å². The summed E-state index contributed by atoms with van der Waals surface area (Å²) in [5.74, 6) is 0.795. The van der Waals surface area contributed by atoms with E-state index in [0.29, 0.717) is 6.61 Å². The maximum absolute atomic E-state index is 4.97. The highest BCUT2D eigenvalue weighted by molar-refractivity contribution is 5.79. The highest BCUT2D eigenvalue weighted by atomic mass is 16.5. The predicted octanol–water partition coefficient (Wildman–Crippen LogP) is 1.31. The van der Waals surface area contributed by atoms with E-state index in [1.165, 1.54) is 11.1 Å². The summed E-state index contributed by atoms with van der Waals surface area (Å²) in [4.78, 5) is 4.14. The Kier molecular flexibility index (Phi) is 6.10. The van der Waals surface area contributed by atoms with Crippen LogP contribution < -0.4 is 10.6 Å². The Morgan fingerprint density at radius 3 is 2.82 bits per heavy atom. The summed E-state index contributed by atoms with van der Waals surface area (Å²) in [7, 11) is 3.45. The average Bonchev–Trinajstić information content (AvgIpc) is 2.34.